The highest BCUT2D eigenvalue weighted by Crippen LogP contribution is 2.35. The van der Waals surface area contributed by atoms with Gasteiger partial charge in [0.25, 0.3) is 0 Å². The van der Waals surface area contributed by atoms with Crippen LogP contribution < -0.4 is 10.5 Å². The molecule has 1 atom stereocenters. The van der Waals surface area contributed by atoms with Gasteiger partial charge in [-0.3, -0.25) is 0 Å². The molecule has 0 saturated heterocycles. The molecular formula is C16H14ClF2NO. The van der Waals surface area contributed by atoms with Crippen molar-refractivity contribution in [2.45, 2.75) is 18.9 Å². The summed E-state index contributed by atoms with van der Waals surface area (Å²) in [6.07, 6.45) is 1.22. The number of fused-ring (bicyclic) bond motifs is 1. The molecule has 5 heteroatoms. The maximum Gasteiger partial charge on any atom is 0.126 e. The SMILES string of the molecule is NC(Cc1cc(Cl)cc2c1OCC2)c1cc(F)cc(F)c1. The average molecular weight is 310 g/mol. The maximum absolute atomic E-state index is 13.3. The minimum absolute atomic E-state index is 0.409. The number of hydrogen-bond acceptors (Lipinski definition) is 2. The quantitative estimate of drug-likeness (QED) is 0.936. The highest BCUT2D eigenvalue weighted by molar-refractivity contribution is 6.30. The zero-order valence-electron chi connectivity index (χ0n) is 11.2. The maximum atomic E-state index is 13.3. The number of ether oxygens (including phenoxy) is 1. The minimum Gasteiger partial charge on any atom is -0.493 e. The normalized spacial score (nSPS) is 14.7. The lowest BCUT2D eigenvalue weighted by atomic mass is 9.97. The Balaban J connectivity index is 1.90. The lowest BCUT2D eigenvalue weighted by Crippen LogP contribution is -2.14. The summed E-state index contributed by atoms with van der Waals surface area (Å²) in [6.45, 7) is 0.618. The third-order valence-electron chi connectivity index (χ3n) is 3.58. The Kier molecular flexibility index (Phi) is 3.83. The fourth-order valence-corrected chi connectivity index (χ4v) is 2.91. The van der Waals surface area contributed by atoms with E-state index in [0.717, 1.165) is 29.4 Å². The Morgan fingerprint density at radius 3 is 2.57 bits per heavy atom. The zero-order valence-corrected chi connectivity index (χ0v) is 12.0. The molecule has 0 saturated carbocycles. The van der Waals surface area contributed by atoms with Crippen LogP contribution in [0.5, 0.6) is 5.75 Å². The molecule has 2 N–H and O–H groups in total. The van der Waals surface area contributed by atoms with Crippen LogP contribution in [0.3, 0.4) is 0 Å². The number of nitrogens with two attached hydrogens (primary N) is 1. The predicted molar refractivity (Wildman–Crippen MR) is 77.6 cm³/mol. The monoisotopic (exact) mass is 309 g/mol. The summed E-state index contributed by atoms with van der Waals surface area (Å²) in [6, 6.07) is 6.47. The van der Waals surface area contributed by atoms with Gasteiger partial charge in [-0.1, -0.05) is 11.6 Å². The number of benzene rings is 2. The molecule has 0 bridgehead atoms. The molecule has 1 unspecified atom stereocenters. The zero-order chi connectivity index (χ0) is 15.0. The second-order valence-corrected chi connectivity index (χ2v) is 5.60. The van der Waals surface area contributed by atoms with Crippen LogP contribution in [0.25, 0.3) is 0 Å². The molecule has 0 aromatic heterocycles. The van der Waals surface area contributed by atoms with E-state index in [2.05, 4.69) is 0 Å². The van der Waals surface area contributed by atoms with E-state index in [-0.39, 0.29) is 0 Å². The predicted octanol–water partition coefficient (Wildman–Crippen LogP) is 3.80. The van der Waals surface area contributed by atoms with E-state index < -0.39 is 17.7 Å². The van der Waals surface area contributed by atoms with Crippen molar-refractivity contribution in [1.29, 1.82) is 0 Å². The molecule has 0 aliphatic carbocycles. The summed E-state index contributed by atoms with van der Waals surface area (Å²) in [5, 5.41) is 0.617. The van der Waals surface area contributed by atoms with Crippen LogP contribution >= 0.6 is 11.6 Å². The molecule has 0 spiro atoms. The number of hydrogen-bond donors (Lipinski definition) is 1. The van der Waals surface area contributed by atoms with E-state index in [1.807, 2.05) is 6.07 Å². The van der Waals surface area contributed by atoms with Crippen LogP contribution in [-0.2, 0) is 12.8 Å². The van der Waals surface area contributed by atoms with Crippen LogP contribution in [0.2, 0.25) is 5.02 Å². The summed E-state index contributed by atoms with van der Waals surface area (Å²) in [7, 11) is 0. The molecule has 1 heterocycles. The van der Waals surface area contributed by atoms with Crippen LogP contribution in [0.4, 0.5) is 8.78 Å². The first-order chi connectivity index (χ1) is 10.0. The summed E-state index contributed by atoms with van der Waals surface area (Å²) in [4.78, 5) is 0. The van der Waals surface area contributed by atoms with Crippen molar-refractivity contribution < 1.29 is 13.5 Å². The molecule has 2 nitrogen and oxygen atoms in total. The van der Waals surface area contributed by atoms with Gasteiger partial charge in [0.1, 0.15) is 17.4 Å². The van der Waals surface area contributed by atoms with Gasteiger partial charge < -0.3 is 10.5 Å². The molecule has 21 heavy (non-hydrogen) atoms. The van der Waals surface area contributed by atoms with Gasteiger partial charge in [-0.2, -0.15) is 0 Å². The Labute approximate surface area is 126 Å². The lowest BCUT2D eigenvalue weighted by Gasteiger charge is -2.15. The summed E-state index contributed by atoms with van der Waals surface area (Å²) in [5.41, 5.74) is 8.41. The third kappa shape index (κ3) is 3.01. The van der Waals surface area contributed by atoms with Crippen molar-refractivity contribution in [2.24, 2.45) is 5.73 Å². The second-order valence-electron chi connectivity index (χ2n) is 5.17. The van der Waals surface area contributed by atoms with Gasteiger partial charge in [-0.15, -0.1) is 0 Å². The summed E-state index contributed by atoms with van der Waals surface area (Å²) < 4.78 is 32.1. The molecular weight excluding hydrogens is 296 g/mol. The van der Waals surface area contributed by atoms with Crippen molar-refractivity contribution >= 4 is 11.6 Å². The summed E-state index contributed by atoms with van der Waals surface area (Å²) in [5.74, 6) is -0.465. The molecule has 1 aliphatic rings. The van der Waals surface area contributed by atoms with Crippen LogP contribution in [0.1, 0.15) is 22.7 Å². The fraction of sp³-hybridized carbons (Fsp3) is 0.250. The van der Waals surface area contributed by atoms with Crippen molar-refractivity contribution in [3.63, 3.8) is 0 Å². The molecule has 2 aromatic carbocycles. The van der Waals surface area contributed by atoms with Gasteiger partial charge in [0.2, 0.25) is 0 Å². The molecule has 2 aromatic rings. The van der Waals surface area contributed by atoms with Crippen LogP contribution in [-0.4, -0.2) is 6.61 Å². The van der Waals surface area contributed by atoms with Gasteiger partial charge in [0.15, 0.2) is 0 Å². The summed E-state index contributed by atoms with van der Waals surface area (Å²) >= 11 is 6.09. The van der Waals surface area contributed by atoms with Gasteiger partial charge >= 0.3 is 0 Å². The molecule has 110 valence electrons. The van der Waals surface area contributed by atoms with Crippen molar-refractivity contribution in [3.05, 3.63) is 63.7 Å². The highest BCUT2D eigenvalue weighted by Gasteiger charge is 2.20. The largest absolute Gasteiger partial charge is 0.493 e. The number of rotatable bonds is 3. The molecule has 3 rings (SSSR count). The third-order valence-corrected chi connectivity index (χ3v) is 3.80. The first kappa shape index (κ1) is 14.3. The van der Waals surface area contributed by atoms with Crippen LogP contribution in [0.15, 0.2) is 30.3 Å². The van der Waals surface area contributed by atoms with E-state index in [1.165, 1.54) is 12.1 Å². The first-order valence-corrected chi connectivity index (χ1v) is 7.06. The highest BCUT2D eigenvalue weighted by atomic mass is 35.5. The standard InChI is InChI=1S/C16H14ClF2NO/c17-12-3-9-1-2-21-16(9)11(4-12)7-15(20)10-5-13(18)8-14(19)6-10/h3-6,8,15H,1-2,7,20H2. The topological polar surface area (TPSA) is 35.2 Å². The van der Waals surface area contributed by atoms with Crippen molar-refractivity contribution in [3.8, 4) is 5.75 Å². The van der Waals surface area contributed by atoms with Gasteiger partial charge in [0.05, 0.1) is 6.61 Å². The minimum atomic E-state index is -0.631. The molecule has 1 aliphatic heterocycles. The molecule has 0 fully saturated rings. The Hall–Kier alpha value is -1.65. The van der Waals surface area contributed by atoms with E-state index >= 15 is 0 Å². The Bertz CT molecular complexity index is 670. The molecule has 0 amide bonds. The average Bonchev–Trinajstić information content (AvgIpc) is 2.85. The van der Waals surface area contributed by atoms with Gasteiger partial charge in [-0.05, 0) is 47.4 Å². The smallest absolute Gasteiger partial charge is 0.126 e. The lowest BCUT2D eigenvalue weighted by molar-refractivity contribution is 0.352. The Morgan fingerprint density at radius 2 is 1.86 bits per heavy atom. The van der Waals surface area contributed by atoms with E-state index in [0.29, 0.717) is 23.6 Å². The number of halogens is 3. The van der Waals surface area contributed by atoms with Gasteiger partial charge in [-0.25, -0.2) is 8.78 Å². The van der Waals surface area contributed by atoms with Crippen molar-refractivity contribution in [2.75, 3.05) is 6.61 Å². The molecule has 0 radical (unpaired) electrons. The van der Waals surface area contributed by atoms with E-state index in [9.17, 15) is 8.78 Å². The van der Waals surface area contributed by atoms with Gasteiger partial charge in [0, 0.05) is 23.6 Å². The second kappa shape index (κ2) is 5.62. The first-order valence-electron chi connectivity index (χ1n) is 6.68. The van der Waals surface area contributed by atoms with Crippen molar-refractivity contribution in [1.82, 2.24) is 0 Å². The Morgan fingerprint density at radius 1 is 1.14 bits per heavy atom. The van der Waals surface area contributed by atoms with Crippen LogP contribution in [0, 0.1) is 11.6 Å². The van der Waals surface area contributed by atoms with E-state index in [4.69, 9.17) is 22.1 Å². The fourth-order valence-electron chi connectivity index (χ4n) is 2.64. The van der Waals surface area contributed by atoms with E-state index in [1.54, 1.807) is 6.07 Å².